The van der Waals surface area contributed by atoms with E-state index in [1.165, 1.54) is 12.5 Å². The van der Waals surface area contributed by atoms with Crippen LogP contribution < -0.4 is 14.8 Å². The number of esters is 1. The zero-order valence-electron chi connectivity index (χ0n) is 15.9. The first-order valence-corrected chi connectivity index (χ1v) is 9.61. The highest BCUT2D eigenvalue weighted by atomic mass is 16.6. The van der Waals surface area contributed by atoms with Gasteiger partial charge in [-0.05, 0) is 49.5 Å². The Morgan fingerprint density at radius 1 is 1.19 bits per heavy atom. The molecule has 6 heteroatoms. The lowest BCUT2D eigenvalue weighted by molar-refractivity contribution is -0.150. The summed E-state index contributed by atoms with van der Waals surface area (Å²) in [6.45, 7) is 4.79. The first-order valence-electron chi connectivity index (χ1n) is 9.61. The van der Waals surface area contributed by atoms with Crippen molar-refractivity contribution in [1.29, 1.82) is 0 Å². The summed E-state index contributed by atoms with van der Waals surface area (Å²) in [6.07, 6.45) is 6.57. The summed E-state index contributed by atoms with van der Waals surface area (Å²) in [7, 11) is 0. The van der Waals surface area contributed by atoms with Gasteiger partial charge in [-0.3, -0.25) is 4.79 Å². The van der Waals surface area contributed by atoms with Crippen molar-refractivity contribution in [3.05, 3.63) is 29.8 Å². The molecule has 1 aliphatic carbocycles. The summed E-state index contributed by atoms with van der Waals surface area (Å²) in [6, 6.07) is 5.61. The Hall–Kier alpha value is -2.50. The highest BCUT2D eigenvalue weighted by molar-refractivity contribution is 5.90. The van der Waals surface area contributed by atoms with Gasteiger partial charge in [0.1, 0.15) is 13.2 Å². The minimum absolute atomic E-state index is 0.167. The molecule has 0 unspecified atom stereocenters. The number of hydrogen-bond acceptors (Lipinski definition) is 5. The van der Waals surface area contributed by atoms with Crippen LogP contribution in [0, 0.1) is 5.92 Å². The standard InChI is InChI=1S/C21H27NO5/c1-14-5-3-4-6-17(14)22-21(24)15(2)27-20(23)10-8-16-7-9-18-19(13-16)26-12-11-25-18/h7-10,13-15,17H,3-6,11-12H2,1-2H3,(H,22,24)/b10-8+/t14-,15+,17+/m0/s1. The van der Waals surface area contributed by atoms with E-state index < -0.39 is 12.1 Å². The molecule has 1 aromatic carbocycles. The van der Waals surface area contributed by atoms with Crippen molar-refractivity contribution >= 4 is 18.0 Å². The first-order chi connectivity index (χ1) is 13.0. The lowest BCUT2D eigenvalue weighted by atomic mass is 9.86. The van der Waals surface area contributed by atoms with Crippen LogP contribution >= 0.6 is 0 Å². The summed E-state index contributed by atoms with van der Waals surface area (Å²) < 4.78 is 16.2. The monoisotopic (exact) mass is 373 g/mol. The third kappa shape index (κ3) is 5.25. The maximum absolute atomic E-state index is 12.3. The lowest BCUT2D eigenvalue weighted by Crippen LogP contribution is -2.45. The van der Waals surface area contributed by atoms with Crippen LogP contribution in [0.15, 0.2) is 24.3 Å². The molecule has 1 saturated carbocycles. The Morgan fingerprint density at radius 3 is 2.70 bits per heavy atom. The number of ether oxygens (including phenoxy) is 3. The normalized spacial score (nSPS) is 22.9. The van der Waals surface area contributed by atoms with Crippen molar-refractivity contribution in [3.63, 3.8) is 0 Å². The van der Waals surface area contributed by atoms with Crippen LogP contribution in [0.25, 0.3) is 6.08 Å². The van der Waals surface area contributed by atoms with Crippen LogP contribution in [0.5, 0.6) is 11.5 Å². The van der Waals surface area contributed by atoms with Crippen molar-refractivity contribution in [2.75, 3.05) is 13.2 Å². The van der Waals surface area contributed by atoms with Crippen LogP contribution in [0.3, 0.4) is 0 Å². The fourth-order valence-electron chi connectivity index (χ4n) is 3.43. The Balaban J connectivity index is 1.50. The summed E-state index contributed by atoms with van der Waals surface area (Å²) in [5, 5.41) is 3.01. The zero-order chi connectivity index (χ0) is 19.2. The SMILES string of the molecule is C[C@@H](OC(=O)/C=C/c1ccc2c(c1)OCCO2)C(=O)N[C@@H]1CCCC[C@@H]1C. The summed E-state index contributed by atoms with van der Waals surface area (Å²) in [5.74, 6) is 1.02. The first kappa shape index (κ1) is 19.3. The highest BCUT2D eigenvalue weighted by Crippen LogP contribution is 2.31. The molecule has 27 heavy (non-hydrogen) atoms. The fraction of sp³-hybridized carbons (Fsp3) is 0.524. The van der Waals surface area contributed by atoms with Crippen molar-refractivity contribution in [3.8, 4) is 11.5 Å². The van der Waals surface area contributed by atoms with E-state index in [0.717, 1.165) is 24.8 Å². The van der Waals surface area contributed by atoms with Gasteiger partial charge in [-0.15, -0.1) is 0 Å². The van der Waals surface area contributed by atoms with E-state index in [4.69, 9.17) is 14.2 Å². The minimum Gasteiger partial charge on any atom is -0.486 e. The molecule has 3 atom stereocenters. The van der Waals surface area contributed by atoms with Crippen LogP contribution in [-0.2, 0) is 14.3 Å². The number of amides is 1. The molecule has 0 aromatic heterocycles. The van der Waals surface area contributed by atoms with Crippen molar-refractivity contribution in [1.82, 2.24) is 5.32 Å². The van der Waals surface area contributed by atoms with E-state index in [9.17, 15) is 9.59 Å². The van der Waals surface area contributed by atoms with Gasteiger partial charge in [-0.2, -0.15) is 0 Å². The number of hydrogen-bond donors (Lipinski definition) is 1. The molecule has 146 valence electrons. The van der Waals surface area contributed by atoms with Gasteiger partial charge in [0, 0.05) is 12.1 Å². The lowest BCUT2D eigenvalue weighted by Gasteiger charge is -2.30. The molecule has 0 radical (unpaired) electrons. The molecule has 1 fully saturated rings. The molecule has 1 aromatic rings. The fourth-order valence-corrected chi connectivity index (χ4v) is 3.43. The van der Waals surface area contributed by atoms with Crippen molar-refractivity contribution < 1.29 is 23.8 Å². The zero-order valence-corrected chi connectivity index (χ0v) is 15.9. The molecule has 0 bridgehead atoms. The Morgan fingerprint density at radius 2 is 1.93 bits per heavy atom. The van der Waals surface area contributed by atoms with Gasteiger partial charge in [0.05, 0.1) is 0 Å². The van der Waals surface area contributed by atoms with Gasteiger partial charge >= 0.3 is 5.97 Å². The quantitative estimate of drug-likeness (QED) is 0.634. The number of carbonyl (C=O) groups is 2. The van der Waals surface area contributed by atoms with Gasteiger partial charge in [0.15, 0.2) is 17.6 Å². The van der Waals surface area contributed by atoms with E-state index >= 15 is 0 Å². The summed E-state index contributed by atoms with van der Waals surface area (Å²) >= 11 is 0. The third-order valence-electron chi connectivity index (χ3n) is 5.08. The molecule has 3 rings (SSSR count). The topological polar surface area (TPSA) is 73.9 Å². The maximum atomic E-state index is 12.3. The smallest absolute Gasteiger partial charge is 0.331 e. The van der Waals surface area contributed by atoms with Crippen LogP contribution in [-0.4, -0.2) is 37.2 Å². The number of rotatable bonds is 5. The molecule has 1 heterocycles. The van der Waals surface area contributed by atoms with E-state index in [0.29, 0.717) is 30.6 Å². The molecule has 1 amide bonds. The Bertz CT molecular complexity index is 715. The molecule has 0 spiro atoms. The number of carbonyl (C=O) groups excluding carboxylic acids is 2. The highest BCUT2D eigenvalue weighted by Gasteiger charge is 2.26. The van der Waals surface area contributed by atoms with Crippen LogP contribution in [0.1, 0.15) is 45.1 Å². The van der Waals surface area contributed by atoms with E-state index in [-0.39, 0.29) is 11.9 Å². The molecule has 0 saturated heterocycles. The molecule has 1 aliphatic heterocycles. The predicted molar refractivity (Wildman–Crippen MR) is 102 cm³/mol. The van der Waals surface area contributed by atoms with Gasteiger partial charge in [0.25, 0.3) is 5.91 Å². The molecule has 1 N–H and O–H groups in total. The Labute approximate surface area is 159 Å². The Kier molecular flexibility index (Phi) is 6.37. The van der Waals surface area contributed by atoms with Gasteiger partial charge in [0.2, 0.25) is 0 Å². The summed E-state index contributed by atoms with van der Waals surface area (Å²) in [4.78, 5) is 24.3. The summed E-state index contributed by atoms with van der Waals surface area (Å²) in [5.41, 5.74) is 0.796. The maximum Gasteiger partial charge on any atom is 0.331 e. The second-order valence-electron chi connectivity index (χ2n) is 7.19. The number of fused-ring (bicyclic) bond motifs is 1. The predicted octanol–water partition coefficient (Wildman–Crippen LogP) is 3.10. The van der Waals surface area contributed by atoms with Gasteiger partial charge in [-0.25, -0.2) is 4.79 Å². The van der Waals surface area contributed by atoms with Crippen LogP contribution in [0.2, 0.25) is 0 Å². The van der Waals surface area contributed by atoms with Gasteiger partial charge < -0.3 is 19.5 Å². The molecule has 6 nitrogen and oxygen atoms in total. The van der Waals surface area contributed by atoms with E-state index in [1.807, 2.05) is 6.07 Å². The largest absolute Gasteiger partial charge is 0.486 e. The van der Waals surface area contributed by atoms with E-state index in [2.05, 4.69) is 12.2 Å². The second-order valence-corrected chi connectivity index (χ2v) is 7.19. The minimum atomic E-state index is -0.823. The van der Waals surface area contributed by atoms with Gasteiger partial charge in [-0.1, -0.05) is 25.8 Å². The third-order valence-corrected chi connectivity index (χ3v) is 5.08. The molecule has 2 aliphatic rings. The van der Waals surface area contributed by atoms with Crippen molar-refractivity contribution in [2.24, 2.45) is 5.92 Å². The number of benzene rings is 1. The van der Waals surface area contributed by atoms with Crippen molar-refractivity contribution in [2.45, 2.75) is 51.7 Å². The second kappa shape index (κ2) is 8.93. The van der Waals surface area contributed by atoms with E-state index in [1.54, 1.807) is 25.1 Å². The average molecular weight is 373 g/mol. The molecular formula is C21H27NO5. The molecular weight excluding hydrogens is 346 g/mol. The number of nitrogens with one attached hydrogen (secondary N) is 1. The average Bonchev–Trinajstić information content (AvgIpc) is 2.68. The van der Waals surface area contributed by atoms with Crippen LogP contribution in [0.4, 0.5) is 0 Å².